The largest absolute Gasteiger partial charge is 0.481 e. The number of hydrogen-bond acceptors (Lipinski definition) is 5. The number of aliphatic carboxylic acids is 2. The van der Waals surface area contributed by atoms with Gasteiger partial charge in [0.2, 0.25) is 0 Å². The van der Waals surface area contributed by atoms with E-state index in [1.54, 1.807) is 0 Å². The molecule has 0 radical (unpaired) electrons. The second-order valence-electron chi connectivity index (χ2n) is 5.59. The van der Waals surface area contributed by atoms with Gasteiger partial charge in [-0.05, 0) is 27.7 Å². The molecule has 0 rings (SSSR count). The molecule has 0 saturated carbocycles. The maximum atomic E-state index is 11.7. The summed E-state index contributed by atoms with van der Waals surface area (Å²) in [6.07, 6.45) is -0.975. The molecule has 2 N–H and O–H groups in total. The maximum absolute atomic E-state index is 11.7. The van der Waals surface area contributed by atoms with Crippen LogP contribution in [0.2, 0.25) is 0 Å². The Morgan fingerprint density at radius 1 is 0.789 bits per heavy atom. The van der Waals surface area contributed by atoms with Crippen molar-refractivity contribution in [3.63, 3.8) is 0 Å². The molecule has 7 nitrogen and oxygen atoms in total. The second-order valence-corrected chi connectivity index (χ2v) is 5.59. The fraction of sp³-hybridized carbons (Fsp3) is 0.667. The summed E-state index contributed by atoms with van der Waals surface area (Å²) in [5.41, 5.74) is -2.72. The predicted octanol–water partition coefficient (Wildman–Crippen LogP) is 1.06. The zero-order valence-corrected chi connectivity index (χ0v) is 11.3. The van der Waals surface area contributed by atoms with Gasteiger partial charge >= 0.3 is 23.9 Å². The molecule has 0 atom stereocenters. The molecule has 0 amide bonds. The molecule has 19 heavy (non-hydrogen) atoms. The fourth-order valence-corrected chi connectivity index (χ4v) is 1.26. The highest BCUT2D eigenvalue weighted by Gasteiger charge is 2.39. The Balaban J connectivity index is 4.77. The van der Waals surface area contributed by atoms with Crippen LogP contribution in [0.5, 0.6) is 0 Å². The summed E-state index contributed by atoms with van der Waals surface area (Å²) in [4.78, 5) is 44.5. The van der Waals surface area contributed by atoms with Gasteiger partial charge in [-0.25, -0.2) is 0 Å². The molecular weight excluding hydrogens is 256 g/mol. The molecule has 0 fully saturated rings. The van der Waals surface area contributed by atoms with Gasteiger partial charge in [-0.3, -0.25) is 19.2 Å². The summed E-state index contributed by atoms with van der Waals surface area (Å²) >= 11 is 0. The Labute approximate surface area is 110 Å². The molecule has 0 heterocycles. The minimum Gasteiger partial charge on any atom is -0.481 e. The molecule has 0 bridgehead atoms. The lowest BCUT2D eigenvalue weighted by Gasteiger charge is -2.24. The quantitative estimate of drug-likeness (QED) is 0.549. The molecule has 0 aliphatic carbocycles. The first kappa shape index (κ1) is 17.1. The number of hydrogen-bond donors (Lipinski definition) is 2. The molecule has 0 saturated heterocycles. The van der Waals surface area contributed by atoms with Crippen molar-refractivity contribution in [2.45, 2.75) is 40.5 Å². The van der Waals surface area contributed by atoms with E-state index >= 15 is 0 Å². The highest BCUT2D eigenvalue weighted by molar-refractivity contribution is 5.93. The van der Waals surface area contributed by atoms with Crippen molar-refractivity contribution in [2.24, 2.45) is 10.8 Å². The minimum absolute atomic E-state index is 0.488. The smallest absolute Gasteiger partial charge is 0.319 e. The number of carbonyl (C=O) groups excluding carboxylic acids is 2. The van der Waals surface area contributed by atoms with Crippen molar-refractivity contribution in [3.8, 4) is 0 Å². The van der Waals surface area contributed by atoms with Crippen molar-refractivity contribution < 1.29 is 34.1 Å². The third kappa shape index (κ3) is 5.50. The van der Waals surface area contributed by atoms with Gasteiger partial charge in [0.15, 0.2) is 0 Å². The number of carbonyl (C=O) groups is 4. The van der Waals surface area contributed by atoms with E-state index in [9.17, 15) is 19.2 Å². The number of carboxylic acid groups (broad SMARTS) is 2. The van der Waals surface area contributed by atoms with Crippen molar-refractivity contribution in [2.75, 3.05) is 0 Å². The van der Waals surface area contributed by atoms with E-state index < -0.39 is 47.5 Å². The second kappa shape index (κ2) is 5.81. The highest BCUT2D eigenvalue weighted by Crippen LogP contribution is 2.27. The molecule has 0 unspecified atom stereocenters. The molecule has 0 aromatic carbocycles. The van der Waals surface area contributed by atoms with Crippen LogP contribution in [-0.2, 0) is 23.9 Å². The molecule has 0 aliphatic heterocycles. The van der Waals surface area contributed by atoms with Crippen LogP contribution in [0.1, 0.15) is 40.5 Å². The molecule has 108 valence electrons. The van der Waals surface area contributed by atoms with Crippen molar-refractivity contribution in [1.82, 2.24) is 0 Å². The van der Waals surface area contributed by atoms with Crippen LogP contribution in [0.15, 0.2) is 0 Å². The normalized spacial score (nSPS) is 11.8. The first-order valence-corrected chi connectivity index (χ1v) is 5.59. The lowest BCUT2D eigenvalue weighted by molar-refractivity contribution is -0.175. The molecule has 0 aliphatic rings. The topological polar surface area (TPSA) is 118 Å². The van der Waals surface area contributed by atoms with E-state index in [2.05, 4.69) is 4.74 Å². The summed E-state index contributed by atoms with van der Waals surface area (Å²) in [5, 5.41) is 17.3. The van der Waals surface area contributed by atoms with E-state index in [1.807, 2.05) is 0 Å². The number of esters is 2. The monoisotopic (exact) mass is 274 g/mol. The van der Waals surface area contributed by atoms with Crippen LogP contribution in [0.4, 0.5) is 0 Å². The Morgan fingerprint density at radius 3 is 1.26 bits per heavy atom. The molecular formula is C12H18O7. The summed E-state index contributed by atoms with van der Waals surface area (Å²) < 4.78 is 4.58. The van der Waals surface area contributed by atoms with E-state index in [-0.39, 0.29) is 0 Å². The van der Waals surface area contributed by atoms with Crippen molar-refractivity contribution in [3.05, 3.63) is 0 Å². The number of ether oxygens (including phenoxy) is 1. The van der Waals surface area contributed by atoms with E-state index in [1.165, 1.54) is 27.7 Å². The minimum atomic E-state index is -1.36. The predicted molar refractivity (Wildman–Crippen MR) is 63.2 cm³/mol. The maximum Gasteiger partial charge on any atom is 0.319 e. The zero-order chi connectivity index (χ0) is 15.4. The van der Waals surface area contributed by atoms with Gasteiger partial charge in [-0.1, -0.05) is 0 Å². The summed E-state index contributed by atoms with van der Waals surface area (Å²) in [7, 11) is 0. The highest BCUT2D eigenvalue weighted by atomic mass is 16.6. The average molecular weight is 274 g/mol. The van der Waals surface area contributed by atoms with Crippen LogP contribution in [0.25, 0.3) is 0 Å². The Bertz CT molecular complexity index is 368. The van der Waals surface area contributed by atoms with Gasteiger partial charge in [0, 0.05) is 0 Å². The Kier molecular flexibility index (Phi) is 5.23. The van der Waals surface area contributed by atoms with E-state index in [0.29, 0.717) is 0 Å². The van der Waals surface area contributed by atoms with E-state index in [0.717, 1.165) is 0 Å². The molecule has 7 heteroatoms. The van der Waals surface area contributed by atoms with Crippen LogP contribution in [0, 0.1) is 10.8 Å². The van der Waals surface area contributed by atoms with Crippen LogP contribution in [0.3, 0.4) is 0 Å². The SMILES string of the molecule is CC(C)(CC(=O)O)C(=O)OC(=O)C(C)(C)CC(=O)O. The Hall–Kier alpha value is -1.92. The summed E-state index contributed by atoms with van der Waals surface area (Å²) in [6, 6.07) is 0. The van der Waals surface area contributed by atoms with Gasteiger partial charge < -0.3 is 14.9 Å². The first-order valence-electron chi connectivity index (χ1n) is 5.59. The first-order chi connectivity index (χ1) is 8.38. The van der Waals surface area contributed by atoms with Gasteiger partial charge in [0.05, 0.1) is 23.7 Å². The lowest BCUT2D eigenvalue weighted by atomic mass is 9.88. The van der Waals surface area contributed by atoms with Gasteiger partial charge in [0.1, 0.15) is 0 Å². The van der Waals surface area contributed by atoms with Crippen LogP contribution < -0.4 is 0 Å². The third-order valence-corrected chi connectivity index (χ3v) is 2.48. The fourth-order valence-electron chi connectivity index (χ4n) is 1.26. The van der Waals surface area contributed by atoms with E-state index in [4.69, 9.17) is 10.2 Å². The summed E-state index contributed by atoms with van der Waals surface area (Å²) in [6.45, 7) is 5.34. The van der Waals surface area contributed by atoms with Gasteiger partial charge in [-0.2, -0.15) is 0 Å². The third-order valence-electron chi connectivity index (χ3n) is 2.48. The van der Waals surface area contributed by atoms with Gasteiger partial charge in [0.25, 0.3) is 0 Å². The Morgan fingerprint density at radius 2 is 1.05 bits per heavy atom. The molecule has 0 aromatic rings. The van der Waals surface area contributed by atoms with Gasteiger partial charge in [-0.15, -0.1) is 0 Å². The van der Waals surface area contributed by atoms with Crippen LogP contribution in [-0.4, -0.2) is 34.1 Å². The number of rotatable bonds is 6. The summed E-state index contributed by atoms with van der Waals surface area (Å²) in [5.74, 6) is -4.37. The van der Waals surface area contributed by atoms with Crippen molar-refractivity contribution in [1.29, 1.82) is 0 Å². The lowest BCUT2D eigenvalue weighted by Crippen LogP contribution is -2.36. The molecule has 0 spiro atoms. The molecule has 0 aromatic heterocycles. The van der Waals surface area contributed by atoms with Crippen LogP contribution >= 0.6 is 0 Å². The average Bonchev–Trinajstić information content (AvgIpc) is 2.12. The number of carboxylic acids is 2. The van der Waals surface area contributed by atoms with Crippen molar-refractivity contribution >= 4 is 23.9 Å². The standard InChI is InChI=1S/C12H18O7/c1-11(2,5-7(13)14)9(17)19-10(18)12(3,4)6-8(15)16/h5-6H2,1-4H3,(H,13,14)(H,15,16). The zero-order valence-electron chi connectivity index (χ0n) is 11.3.